The second-order valence-electron chi connectivity index (χ2n) is 6.23. The second-order valence-corrected chi connectivity index (χ2v) is 6.23. The zero-order valence-corrected chi connectivity index (χ0v) is 19.3. The molecule has 2 rings (SSSR count). The molecule has 8 heteroatoms. The Hall–Kier alpha value is -1.68. The van der Waals surface area contributed by atoms with E-state index in [9.17, 15) is 0 Å². The second kappa shape index (κ2) is 15.3. The third-order valence-electron chi connectivity index (χ3n) is 4.08. The molecule has 1 aromatic heterocycles. The number of hydrogen-bond donors (Lipinski definition) is 2. The molecule has 0 bridgehead atoms. The topological polar surface area (TPSA) is 76.4 Å². The van der Waals surface area contributed by atoms with Gasteiger partial charge < -0.3 is 19.9 Å². The smallest absolute Gasteiger partial charge is 0.191 e. The Morgan fingerprint density at radius 3 is 2.71 bits per heavy atom. The van der Waals surface area contributed by atoms with Crippen LogP contribution in [0.3, 0.4) is 0 Å². The average Bonchev–Trinajstić information content (AvgIpc) is 3.15. The van der Waals surface area contributed by atoms with Crippen molar-refractivity contribution in [3.63, 3.8) is 0 Å². The molecule has 1 heterocycles. The molecule has 0 spiro atoms. The number of unbranched alkanes of at least 4 members (excludes halogenated alkanes) is 1. The summed E-state index contributed by atoms with van der Waals surface area (Å²) in [7, 11) is 0. The zero-order chi connectivity index (χ0) is 19.2. The summed E-state index contributed by atoms with van der Waals surface area (Å²) in [5.74, 6) is 1.86. The maximum Gasteiger partial charge on any atom is 0.191 e. The van der Waals surface area contributed by atoms with Gasteiger partial charge in [-0.05, 0) is 25.3 Å². The van der Waals surface area contributed by atoms with Gasteiger partial charge in [0, 0.05) is 39.2 Å². The molecule has 156 valence electrons. The number of benzene rings is 1. The molecule has 0 saturated heterocycles. The minimum Gasteiger partial charge on any atom is -0.377 e. The average molecular weight is 500 g/mol. The summed E-state index contributed by atoms with van der Waals surface area (Å²) in [6, 6.07) is 10.3. The summed E-state index contributed by atoms with van der Waals surface area (Å²) in [4.78, 5) is 4.63. The molecule has 0 amide bonds. The van der Waals surface area contributed by atoms with Crippen LogP contribution >= 0.6 is 24.0 Å². The Labute approximate surface area is 185 Å². The van der Waals surface area contributed by atoms with Crippen molar-refractivity contribution in [2.45, 2.75) is 46.3 Å². The fourth-order valence-corrected chi connectivity index (χ4v) is 2.65. The van der Waals surface area contributed by atoms with Crippen LogP contribution in [-0.2, 0) is 24.3 Å². The van der Waals surface area contributed by atoms with Crippen LogP contribution in [0.25, 0.3) is 0 Å². The highest BCUT2D eigenvalue weighted by atomic mass is 127. The molecule has 0 aliphatic carbocycles. The van der Waals surface area contributed by atoms with E-state index >= 15 is 0 Å². The quantitative estimate of drug-likeness (QED) is 0.203. The van der Waals surface area contributed by atoms with Crippen molar-refractivity contribution < 1.29 is 4.74 Å². The molecule has 2 aromatic rings. The number of aromatic nitrogens is 3. The number of halogens is 1. The van der Waals surface area contributed by atoms with Crippen LogP contribution in [-0.4, -0.2) is 47.0 Å². The lowest BCUT2D eigenvalue weighted by Crippen LogP contribution is -2.39. The number of nitrogens with one attached hydrogen (secondary N) is 2. The van der Waals surface area contributed by atoms with E-state index < -0.39 is 0 Å². The lowest BCUT2D eigenvalue weighted by atomic mass is 10.2. The highest BCUT2D eigenvalue weighted by Gasteiger charge is 2.02. The fraction of sp³-hybridized carbons (Fsp3) is 0.550. The minimum atomic E-state index is 0. The molecule has 0 unspecified atom stereocenters. The predicted molar refractivity (Wildman–Crippen MR) is 124 cm³/mol. The summed E-state index contributed by atoms with van der Waals surface area (Å²) in [5.41, 5.74) is 1.22. The van der Waals surface area contributed by atoms with Gasteiger partial charge in [0.25, 0.3) is 0 Å². The first kappa shape index (κ1) is 24.4. The van der Waals surface area contributed by atoms with Crippen molar-refractivity contribution in [1.82, 2.24) is 25.4 Å². The van der Waals surface area contributed by atoms with E-state index in [4.69, 9.17) is 4.74 Å². The number of nitrogens with zero attached hydrogens (tertiary/aromatic N) is 4. The first-order chi connectivity index (χ1) is 13.3. The fourth-order valence-electron chi connectivity index (χ4n) is 2.65. The third-order valence-corrected chi connectivity index (χ3v) is 4.08. The standard InChI is InChI=1S/C20H32N6O.HI/c1-3-19-25-24-17-26(19)14-13-23-20(21-4-2)22-12-8-9-15-27-16-18-10-6-5-7-11-18;/h5-7,10-11,17H,3-4,8-9,12-16H2,1-2H3,(H2,21,22,23);1H. The SMILES string of the molecule is CCNC(=NCCCCOCc1ccccc1)NCCn1cnnc1CC.I. The lowest BCUT2D eigenvalue weighted by Gasteiger charge is -2.12. The molecule has 0 fully saturated rings. The Balaban J connectivity index is 0.00000392. The molecule has 28 heavy (non-hydrogen) atoms. The first-order valence-electron chi connectivity index (χ1n) is 9.84. The summed E-state index contributed by atoms with van der Waals surface area (Å²) in [6.45, 7) is 8.85. The molecule has 2 N–H and O–H groups in total. The minimum absolute atomic E-state index is 0. The van der Waals surface area contributed by atoms with Crippen molar-refractivity contribution in [3.8, 4) is 0 Å². The van der Waals surface area contributed by atoms with Gasteiger partial charge in [0.05, 0.1) is 6.61 Å². The van der Waals surface area contributed by atoms with Gasteiger partial charge in [0.2, 0.25) is 0 Å². The van der Waals surface area contributed by atoms with Gasteiger partial charge in [-0.2, -0.15) is 0 Å². The first-order valence-corrected chi connectivity index (χ1v) is 9.84. The zero-order valence-electron chi connectivity index (χ0n) is 16.9. The normalized spacial score (nSPS) is 11.1. The van der Waals surface area contributed by atoms with E-state index in [0.717, 1.165) is 63.8 Å². The van der Waals surface area contributed by atoms with Crippen LogP contribution in [0.5, 0.6) is 0 Å². The van der Waals surface area contributed by atoms with Crippen LogP contribution in [0.2, 0.25) is 0 Å². The van der Waals surface area contributed by atoms with Crippen LogP contribution in [0, 0.1) is 0 Å². The van der Waals surface area contributed by atoms with Gasteiger partial charge in [-0.3, -0.25) is 4.99 Å². The molecule has 0 atom stereocenters. The van der Waals surface area contributed by atoms with Gasteiger partial charge >= 0.3 is 0 Å². The molecule has 1 aromatic carbocycles. The van der Waals surface area contributed by atoms with E-state index in [2.05, 4.69) is 56.4 Å². The molecule has 0 aliphatic heterocycles. The number of guanidine groups is 1. The largest absolute Gasteiger partial charge is 0.377 e. The summed E-state index contributed by atoms with van der Waals surface area (Å²) in [5, 5.41) is 14.7. The van der Waals surface area contributed by atoms with Gasteiger partial charge in [-0.25, -0.2) is 0 Å². The lowest BCUT2D eigenvalue weighted by molar-refractivity contribution is 0.117. The van der Waals surface area contributed by atoms with E-state index in [1.165, 1.54) is 5.56 Å². The van der Waals surface area contributed by atoms with Crippen molar-refractivity contribution in [3.05, 3.63) is 48.0 Å². The number of aliphatic imine (C=N–C) groups is 1. The molecular weight excluding hydrogens is 467 g/mol. The van der Waals surface area contributed by atoms with Crippen molar-refractivity contribution in [1.29, 1.82) is 0 Å². The van der Waals surface area contributed by atoms with Gasteiger partial charge in [0.15, 0.2) is 5.96 Å². The van der Waals surface area contributed by atoms with Crippen LogP contribution in [0.1, 0.15) is 38.1 Å². The highest BCUT2D eigenvalue weighted by Crippen LogP contribution is 2.01. The number of ether oxygens (including phenoxy) is 1. The third kappa shape index (κ3) is 9.50. The number of hydrogen-bond acceptors (Lipinski definition) is 4. The predicted octanol–water partition coefficient (Wildman–Crippen LogP) is 3.01. The Morgan fingerprint density at radius 2 is 1.96 bits per heavy atom. The maximum absolute atomic E-state index is 5.71. The van der Waals surface area contributed by atoms with Gasteiger partial charge in [0.1, 0.15) is 12.2 Å². The van der Waals surface area contributed by atoms with Crippen molar-refractivity contribution in [2.75, 3.05) is 26.2 Å². The summed E-state index contributed by atoms with van der Waals surface area (Å²) < 4.78 is 7.78. The summed E-state index contributed by atoms with van der Waals surface area (Å²) in [6.07, 6.45) is 4.69. The monoisotopic (exact) mass is 500 g/mol. The molecule has 0 radical (unpaired) electrons. The molecule has 0 saturated carbocycles. The maximum atomic E-state index is 5.71. The Bertz CT molecular complexity index is 662. The van der Waals surface area contributed by atoms with Gasteiger partial charge in [-0.1, -0.05) is 37.3 Å². The molecular formula is C20H33IN6O. The van der Waals surface area contributed by atoms with E-state index in [1.807, 2.05) is 18.2 Å². The Morgan fingerprint density at radius 1 is 1.14 bits per heavy atom. The van der Waals surface area contributed by atoms with E-state index in [0.29, 0.717) is 6.61 Å². The van der Waals surface area contributed by atoms with Crippen LogP contribution < -0.4 is 10.6 Å². The van der Waals surface area contributed by atoms with Crippen molar-refractivity contribution in [2.24, 2.45) is 4.99 Å². The van der Waals surface area contributed by atoms with Crippen LogP contribution in [0.4, 0.5) is 0 Å². The van der Waals surface area contributed by atoms with Crippen molar-refractivity contribution >= 4 is 29.9 Å². The molecule has 0 aliphatic rings. The number of aryl methyl sites for hydroxylation is 1. The highest BCUT2D eigenvalue weighted by molar-refractivity contribution is 14.0. The van der Waals surface area contributed by atoms with E-state index in [1.54, 1.807) is 6.33 Å². The van der Waals surface area contributed by atoms with Crippen LogP contribution in [0.15, 0.2) is 41.7 Å². The van der Waals surface area contributed by atoms with Gasteiger partial charge in [-0.15, -0.1) is 34.2 Å². The van der Waals surface area contributed by atoms with E-state index in [-0.39, 0.29) is 24.0 Å². The summed E-state index contributed by atoms with van der Waals surface area (Å²) >= 11 is 0. The Kier molecular flexibility index (Phi) is 13.3. The number of rotatable bonds is 12. The molecule has 7 nitrogen and oxygen atoms in total.